The number of pyridine rings is 1. The Morgan fingerprint density at radius 3 is 2.68 bits per heavy atom. The van der Waals surface area contributed by atoms with E-state index in [-0.39, 0.29) is 0 Å². The fourth-order valence-electron chi connectivity index (χ4n) is 4.54. The number of imidazole rings is 1. The number of hydroxylamine groups is 2. The highest BCUT2D eigenvalue weighted by Crippen LogP contribution is 2.33. The summed E-state index contributed by atoms with van der Waals surface area (Å²) in [4.78, 5) is 15.0. The molecular weight excluding hydrogens is 430 g/mol. The third kappa shape index (κ3) is 4.70. The fourth-order valence-corrected chi connectivity index (χ4v) is 4.54. The van der Waals surface area contributed by atoms with Crippen molar-refractivity contribution in [3.63, 3.8) is 0 Å². The first-order valence-electron chi connectivity index (χ1n) is 11.7. The van der Waals surface area contributed by atoms with Crippen LogP contribution >= 0.6 is 0 Å². The zero-order chi connectivity index (χ0) is 23.5. The Morgan fingerprint density at radius 1 is 1.12 bits per heavy atom. The summed E-state index contributed by atoms with van der Waals surface area (Å²) in [7, 11) is 3.56. The van der Waals surface area contributed by atoms with E-state index in [1.165, 1.54) is 0 Å². The lowest BCUT2D eigenvalue weighted by molar-refractivity contribution is -0.118. The average Bonchev–Trinajstić information content (AvgIpc) is 3.22. The molecule has 0 unspecified atom stereocenters. The van der Waals surface area contributed by atoms with Gasteiger partial charge in [-0.3, -0.25) is 0 Å². The topological polar surface area (TPSA) is 87.7 Å². The highest BCUT2D eigenvalue weighted by Gasteiger charge is 2.22. The summed E-state index contributed by atoms with van der Waals surface area (Å²) in [5.74, 6) is 2.62. The molecule has 0 spiro atoms. The van der Waals surface area contributed by atoms with Crippen LogP contribution in [0, 0.1) is 5.92 Å². The monoisotopic (exact) mass is 461 g/mol. The number of hydrogen-bond acceptors (Lipinski definition) is 7. The predicted octanol–water partition coefficient (Wildman–Crippen LogP) is 4.17. The number of anilines is 1. The van der Waals surface area contributed by atoms with Crippen molar-refractivity contribution >= 4 is 27.8 Å². The average molecular weight is 462 g/mol. The van der Waals surface area contributed by atoms with Crippen LogP contribution < -0.4 is 10.5 Å². The third-order valence-corrected chi connectivity index (χ3v) is 6.46. The smallest absolute Gasteiger partial charge is 0.152 e. The number of rotatable bonds is 8. The minimum Gasteiger partial charge on any atom is -0.489 e. The molecule has 0 saturated carbocycles. The first kappa shape index (κ1) is 22.6. The molecule has 1 aliphatic heterocycles. The van der Waals surface area contributed by atoms with E-state index in [2.05, 4.69) is 15.6 Å². The lowest BCUT2D eigenvalue weighted by Crippen LogP contribution is -2.24. The molecule has 8 heteroatoms. The highest BCUT2D eigenvalue weighted by atomic mass is 16.7. The second-order valence-electron chi connectivity index (χ2n) is 8.81. The number of fused-ring (bicyclic) bond motifs is 3. The quantitative estimate of drug-likeness (QED) is 0.394. The van der Waals surface area contributed by atoms with Gasteiger partial charge in [0.2, 0.25) is 0 Å². The van der Waals surface area contributed by atoms with Crippen molar-refractivity contribution < 1.29 is 14.3 Å². The van der Waals surface area contributed by atoms with Gasteiger partial charge in [0.25, 0.3) is 0 Å². The molecule has 1 saturated heterocycles. The van der Waals surface area contributed by atoms with Gasteiger partial charge in [-0.1, -0.05) is 30.3 Å². The van der Waals surface area contributed by atoms with E-state index in [1.807, 2.05) is 49.5 Å². The van der Waals surface area contributed by atoms with Gasteiger partial charge in [0.1, 0.15) is 23.7 Å². The number of nitrogen functional groups attached to an aromatic ring is 1. The molecule has 2 N–H and O–H groups in total. The number of ether oxygens (including phenoxy) is 2. The summed E-state index contributed by atoms with van der Waals surface area (Å²) in [6.45, 7) is 3.51. The maximum absolute atomic E-state index is 6.42. The summed E-state index contributed by atoms with van der Waals surface area (Å²) in [6.07, 6.45) is 2.07. The van der Waals surface area contributed by atoms with Crippen LogP contribution in [0.2, 0.25) is 0 Å². The van der Waals surface area contributed by atoms with Gasteiger partial charge in [-0.15, -0.1) is 0 Å². The maximum Gasteiger partial charge on any atom is 0.152 e. The van der Waals surface area contributed by atoms with E-state index in [4.69, 9.17) is 25.0 Å². The van der Waals surface area contributed by atoms with Gasteiger partial charge < -0.3 is 24.6 Å². The van der Waals surface area contributed by atoms with Gasteiger partial charge in [0.05, 0.1) is 24.7 Å². The summed E-state index contributed by atoms with van der Waals surface area (Å²) in [5, 5.41) is 2.78. The number of benzene rings is 2. The molecule has 0 amide bonds. The molecular formula is C26H31N5O3. The second-order valence-corrected chi connectivity index (χ2v) is 8.81. The zero-order valence-corrected chi connectivity index (χ0v) is 19.7. The van der Waals surface area contributed by atoms with Crippen LogP contribution in [0.1, 0.15) is 24.2 Å². The molecule has 34 heavy (non-hydrogen) atoms. The molecule has 5 rings (SSSR count). The van der Waals surface area contributed by atoms with E-state index < -0.39 is 0 Å². The van der Waals surface area contributed by atoms with Crippen molar-refractivity contribution in [2.24, 2.45) is 5.92 Å². The maximum atomic E-state index is 6.42. The third-order valence-electron chi connectivity index (χ3n) is 6.46. The standard InChI is InChI=1S/C26H31N5O3/c1-30(32-2)16-23-29-24-25(31(23)15-18-10-12-33-13-11-18)21-9-8-20(14-22(21)28-26(24)27)34-17-19-6-4-3-5-7-19/h3-9,14,18H,10-13,15-17H2,1-2H3,(H2,27,28). The first-order valence-corrected chi connectivity index (χ1v) is 11.7. The highest BCUT2D eigenvalue weighted by molar-refractivity contribution is 6.06. The largest absolute Gasteiger partial charge is 0.489 e. The number of nitrogens with two attached hydrogens (primary N) is 1. The minimum absolute atomic E-state index is 0.426. The van der Waals surface area contributed by atoms with Crippen molar-refractivity contribution in [1.82, 2.24) is 19.6 Å². The summed E-state index contributed by atoms with van der Waals surface area (Å²) < 4.78 is 13.9. The van der Waals surface area contributed by atoms with Gasteiger partial charge in [-0.2, -0.15) is 5.06 Å². The number of nitrogens with zero attached hydrogens (tertiary/aromatic N) is 4. The van der Waals surface area contributed by atoms with E-state index >= 15 is 0 Å². The van der Waals surface area contributed by atoms with E-state index in [9.17, 15) is 0 Å². The molecule has 0 bridgehead atoms. The predicted molar refractivity (Wildman–Crippen MR) is 132 cm³/mol. The summed E-state index contributed by atoms with van der Waals surface area (Å²) in [5.41, 5.74) is 10.1. The molecule has 1 aliphatic rings. The lowest BCUT2D eigenvalue weighted by Gasteiger charge is -2.24. The molecule has 4 aromatic rings. The van der Waals surface area contributed by atoms with E-state index in [0.717, 1.165) is 71.7 Å². The normalized spacial score (nSPS) is 14.9. The molecule has 1 fully saturated rings. The van der Waals surface area contributed by atoms with Gasteiger partial charge in [0.15, 0.2) is 5.82 Å². The van der Waals surface area contributed by atoms with Crippen LogP contribution in [0.25, 0.3) is 21.9 Å². The fraction of sp³-hybridized carbons (Fsp3) is 0.385. The molecule has 0 radical (unpaired) electrons. The Bertz CT molecular complexity index is 1270. The first-order chi connectivity index (χ1) is 16.6. The van der Waals surface area contributed by atoms with Crippen LogP contribution in [0.15, 0.2) is 48.5 Å². The van der Waals surface area contributed by atoms with E-state index in [0.29, 0.717) is 24.9 Å². The van der Waals surface area contributed by atoms with Crippen molar-refractivity contribution in [2.75, 3.05) is 33.1 Å². The number of hydrogen-bond donors (Lipinski definition) is 1. The van der Waals surface area contributed by atoms with Gasteiger partial charge >= 0.3 is 0 Å². The molecule has 178 valence electrons. The van der Waals surface area contributed by atoms with Gasteiger partial charge in [-0.25, -0.2) is 9.97 Å². The summed E-state index contributed by atoms with van der Waals surface area (Å²) in [6, 6.07) is 16.1. The van der Waals surface area contributed by atoms with Crippen LogP contribution in [-0.4, -0.2) is 47.0 Å². The molecule has 2 aromatic carbocycles. The van der Waals surface area contributed by atoms with Crippen molar-refractivity contribution in [3.05, 3.63) is 59.9 Å². The zero-order valence-electron chi connectivity index (χ0n) is 19.7. The molecule has 0 atom stereocenters. The van der Waals surface area contributed by atoms with Gasteiger partial charge in [-0.05, 0) is 36.5 Å². The van der Waals surface area contributed by atoms with Crippen LogP contribution in [0.5, 0.6) is 5.75 Å². The Hall–Kier alpha value is -3.20. The van der Waals surface area contributed by atoms with Crippen molar-refractivity contribution in [1.29, 1.82) is 0 Å². The minimum atomic E-state index is 0.426. The van der Waals surface area contributed by atoms with E-state index in [1.54, 1.807) is 12.2 Å². The molecule has 0 aliphatic carbocycles. The lowest BCUT2D eigenvalue weighted by atomic mass is 10.00. The van der Waals surface area contributed by atoms with Crippen LogP contribution in [0.3, 0.4) is 0 Å². The Morgan fingerprint density at radius 2 is 1.91 bits per heavy atom. The molecule has 8 nitrogen and oxygen atoms in total. The van der Waals surface area contributed by atoms with Crippen molar-refractivity contribution in [3.8, 4) is 5.75 Å². The molecule has 2 aromatic heterocycles. The second kappa shape index (κ2) is 9.97. The van der Waals surface area contributed by atoms with Crippen LogP contribution in [0.4, 0.5) is 5.82 Å². The summed E-state index contributed by atoms with van der Waals surface area (Å²) >= 11 is 0. The van der Waals surface area contributed by atoms with Crippen molar-refractivity contribution in [2.45, 2.75) is 32.5 Å². The van der Waals surface area contributed by atoms with Crippen LogP contribution in [-0.2, 0) is 29.3 Å². The Labute approximate surface area is 199 Å². The Balaban J connectivity index is 1.55. The Kier molecular flexibility index (Phi) is 6.62. The van der Waals surface area contributed by atoms with Gasteiger partial charge in [0, 0.05) is 38.3 Å². The SMILES string of the molecule is CON(C)Cc1nc2c(N)nc3cc(OCc4ccccc4)ccc3c2n1CC1CCOCC1. The molecule has 3 heterocycles. The number of aromatic nitrogens is 3.